The second-order valence-corrected chi connectivity index (χ2v) is 5.53. The summed E-state index contributed by atoms with van der Waals surface area (Å²) in [5, 5.41) is 2.81. The third-order valence-electron chi connectivity index (χ3n) is 2.55. The molecule has 1 aliphatic carbocycles. The predicted molar refractivity (Wildman–Crippen MR) is 56.6 cm³/mol. The number of hydrogen-bond acceptors (Lipinski definition) is 2. The first-order chi connectivity index (χ1) is 6.33. The molecule has 0 bridgehead atoms. The summed E-state index contributed by atoms with van der Waals surface area (Å²) in [5.74, 6) is -0.105. The number of carbonyl (C=O) groups excluding carboxylic acids is 1. The highest BCUT2D eigenvalue weighted by atomic mass is 35.5. The number of methoxy groups -OCH3 is 1. The summed E-state index contributed by atoms with van der Waals surface area (Å²) in [7, 11) is 1.59. The Morgan fingerprint density at radius 2 is 2.14 bits per heavy atom. The smallest absolute Gasteiger partial charge is 0.229 e. The number of nitrogens with one attached hydrogen (secondary N) is 1. The Hall–Kier alpha value is 0.01000. The lowest BCUT2D eigenvalue weighted by Gasteiger charge is -2.17. The van der Waals surface area contributed by atoms with Crippen LogP contribution in [0.5, 0.6) is 0 Å². The maximum Gasteiger partial charge on any atom is 0.229 e. The van der Waals surface area contributed by atoms with E-state index in [0.717, 1.165) is 0 Å². The van der Waals surface area contributed by atoms with Gasteiger partial charge in [0.1, 0.15) is 4.33 Å². The van der Waals surface area contributed by atoms with Gasteiger partial charge < -0.3 is 10.1 Å². The predicted octanol–water partition coefficient (Wildman–Crippen LogP) is 1.72. The highest BCUT2D eigenvalue weighted by Crippen LogP contribution is 2.63. The maximum absolute atomic E-state index is 11.7. The zero-order chi connectivity index (χ0) is 11.0. The number of amides is 1. The van der Waals surface area contributed by atoms with Crippen LogP contribution in [0.4, 0.5) is 0 Å². The highest BCUT2D eigenvalue weighted by molar-refractivity contribution is 6.53. The van der Waals surface area contributed by atoms with E-state index in [4.69, 9.17) is 27.9 Å². The van der Waals surface area contributed by atoms with Gasteiger partial charge >= 0.3 is 0 Å². The molecule has 0 aliphatic heterocycles. The Kier molecular flexibility index (Phi) is 3.34. The normalized spacial score (nSPS) is 30.9. The maximum atomic E-state index is 11.7. The van der Waals surface area contributed by atoms with Crippen LogP contribution in [-0.4, -0.2) is 30.0 Å². The lowest BCUT2D eigenvalue weighted by molar-refractivity contribution is -0.126. The summed E-state index contributed by atoms with van der Waals surface area (Å²) < 4.78 is 4.01. The van der Waals surface area contributed by atoms with Crippen LogP contribution in [0.2, 0.25) is 0 Å². The van der Waals surface area contributed by atoms with Gasteiger partial charge in [0, 0.05) is 13.2 Å². The van der Waals surface area contributed by atoms with Crippen molar-refractivity contribution >= 4 is 29.1 Å². The fourth-order valence-corrected chi connectivity index (χ4v) is 2.03. The molecule has 0 aromatic rings. The van der Waals surface area contributed by atoms with Crippen LogP contribution in [0.25, 0.3) is 0 Å². The number of halogens is 2. The number of rotatable bonds is 4. The molecule has 0 aromatic heterocycles. The molecule has 0 saturated heterocycles. The van der Waals surface area contributed by atoms with Gasteiger partial charge in [0.15, 0.2) is 0 Å². The van der Waals surface area contributed by atoms with E-state index in [-0.39, 0.29) is 11.9 Å². The standard InChI is InChI=1S/C9H15Cl2NO2/c1-6(4-14-3)12-7(13)8(2)5-9(8,10)11/h6H,4-5H2,1-3H3,(H,12,13)/t6-,8-/m1/s1. The van der Waals surface area contributed by atoms with Crippen molar-refractivity contribution in [3.63, 3.8) is 0 Å². The van der Waals surface area contributed by atoms with Gasteiger partial charge in [-0.2, -0.15) is 0 Å². The van der Waals surface area contributed by atoms with Gasteiger partial charge in [-0.1, -0.05) is 0 Å². The molecule has 0 unspecified atom stereocenters. The molecule has 3 nitrogen and oxygen atoms in total. The van der Waals surface area contributed by atoms with Gasteiger partial charge in [-0.3, -0.25) is 4.79 Å². The zero-order valence-corrected chi connectivity index (χ0v) is 10.1. The van der Waals surface area contributed by atoms with E-state index in [1.54, 1.807) is 14.0 Å². The Morgan fingerprint density at radius 3 is 2.50 bits per heavy atom. The van der Waals surface area contributed by atoms with E-state index < -0.39 is 9.75 Å². The third-order valence-corrected chi connectivity index (χ3v) is 3.65. The second-order valence-electron chi connectivity index (χ2n) is 4.04. The Labute approximate surface area is 94.1 Å². The largest absolute Gasteiger partial charge is 0.383 e. The minimum atomic E-state index is -0.899. The van der Waals surface area contributed by atoms with Crippen molar-refractivity contribution in [2.75, 3.05) is 13.7 Å². The summed E-state index contributed by atoms with van der Waals surface area (Å²) in [6.45, 7) is 4.12. The summed E-state index contributed by atoms with van der Waals surface area (Å²) in [6, 6.07) is -0.0194. The van der Waals surface area contributed by atoms with Gasteiger partial charge in [-0.05, 0) is 20.3 Å². The Morgan fingerprint density at radius 1 is 1.64 bits per heavy atom. The fourth-order valence-electron chi connectivity index (χ4n) is 1.32. The minimum Gasteiger partial charge on any atom is -0.383 e. The molecule has 0 heterocycles. The average molecular weight is 240 g/mol. The summed E-state index contributed by atoms with van der Waals surface area (Å²) in [5.41, 5.74) is -0.641. The molecule has 1 saturated carbocycles. The quantitative estimate of drug-likeness (QED) is 0.760. The highest BCUT2D eigenvalue weighted by Gasteiger charge is 2.67. The second kappa shape index (κ2) is 3.87. The van der Waals surface area contributed by atoms with E-state index in [1.807, 2.05) is 6.92 Å². The number of ether oxygens (including phenoxy) is 1. The van der Waals surface area contributed by atoms with Gasteiger partial charge in [-0.15, -0.1) is 23.2 Å². The van der Waals surface area contributed by atoms with Crippen molar-refractivity contribution in [1.82, 2.24) is 5.32 Å². The van der Waals surface area contributed by atoms with Crippen LogP contribution in [0.1, 0.15) is 20.3 Å². The first-order valence-corrected chi connectivity index (χ1v) is 5.27. The fraction of sp³-hybridized carbons (Fsp3) is 0.889. The van der Waals surface area contributed by atoms with Gasteiger partial charge in [0.25, 0.3) is 0 Å². The third kappa shape index (κ3) is 2.15. The van der Waals surface area contributed by atoms with E-state index in [1.165, 1.54) is 0 Å². The molecule has 1 aliphatic rings. The molecular formula is C9H15Cl2NO2. The number of alkyl halides is 2. The first-order valence-electron chi connectivity index (χ1n) is 4.51. The number of carbonyl (C=O) groups is 1. The molecule has 2 atom stereocenters. The summed E-state index contributed by atoms with van der Waals surface area (Å²) >= 11 is 11.8. The van der Waals surface area contributed by atoms with Crippen molar-refractivity contribution in [3.05, 3.63) is 0 Å². The van der Waals surface area contributed by atoms with Crippen LogP contribution in [0.15, 0.2) is 0 Å². The van der Waals surface area contributed by atoms with Crippen LogP contribution < -0.4 is 5.32 Å². The van der Waals surface area contributed by atoms with Crippen LogP contribution in [0, 0.1) is 5.41 Å². The molecule has 82 valence electrons. The van der Waals surface area contributed by atoms with Gasteiger partial charge in [-0.25, -0.2) is 0 Å². The van der Waals surface area contributed by atoms with E-state index >= 15 is 0 Å². The summed E-state index contributed by atoms with van der Waals surface area (Å²) in [4.78, 5) is 11.7. The molecule has 0 radical (unpaired) electrons. The monoisotopic (exact) mass is 239 g/mol. The zero-order valence-electron chi connectivity index (χ0n) is 8.56. The van der Waals surface area contributed by atoms with Gasteiger partial charge in [0.05, 0.1) is 12.0 Å². The van der Waals surface area contributed by atoms with E-state index in [2.05, 4.69) is 5.32 Å². The van der Waals surface area contributed by atoms with Crippen molar-refractivity contribution in [2.45, 2.75) is 30.6 Å². The lowest BCUT2D eigenvalue weighted by atomic mass is 10.1. The molecule has 1 fully saturated rings. The molecule has 1 rings (SSSR count). The summed E-state index contributed by atoms with van der Waals surface area (Å²) in [6.07, 6.45) is 0.509. The molecule has 0 aromatic carbocycles. The molecule has 0 spiro atoms. The Bertz CT molecular complexity index is 245. The van der Waals surface area contributed by atoms with Crippen LogP contribution in [0.3, 0.4) is 0 Å². The first kappa shape index (κ1) is 12.1. The topological polar surface area (TPSA) is 38.3 Å². The lowest BCUT2D eigenvalue weighted by Crippen LogP contribution is -2.41. The van der Waals surface area contributed by atoms with Crippen LogP contribution >= 0.6 is 23.2 Å². The van der Waals surface area contributed by atoms with Crippen molar-refractivity contribution in [1.29, 1.82) is 0 Å². The van der Waals surface area contributed by atoms with Crippen molar-refractivity contribution < 1.29 is 9.53 Å². The SMILES string of the molecule is COC[C@@H](C)NC(=O)[C@@]1(C)CC1(Cl)Cl. The average Bonchev–Trinajstić information content (AvgIpc) is 2.53. The Balaban J connectivity index is 2.44. The molecule has 14 heavy (non-hydrogen) atoms. The van der Waals surface area contributed by atoms with E-state index in [9.17, 15) is 4.79 Å². The number of hydrogen-bond donors (Lipinski definition) is 1. The molecule has 1 N–H and O–H groups in total. The van der Waals surface area contributed by atoms with E-state index in [0.29, 0.717) is 13.0 Å². The van der Waals surface area contributed by atoms with Crippen LogP contribution in [-0.2, 0) is 9.53 Å². The molecular weight excluding hydrogens is 225 g/mol. The van der Waals surface area contributed by atoms with Gasteiger partial charge in [0.2, 0.25) is 5.91 Å². The molecule has 1 amide bonds. The molecule has 5 heteroatoms. The van der Waals surface area contributed by atoms with Crippen molar-refractivity contribution in [2.24, 2.45) is 5.41 Å². The minimum absolute atomic E-state index is 0.0194. The van der Waals surface area contributed by atoms with Crippen molar-refractivity contribution in [3.8, 4) is 0 Å².